The number of nitrogens with one attached hydrogen (secondary N) is 1. The zero-order chi connectivity index (χ0) is 19.2. The van der Waals surface area contributed by atoms with E-state index < -0.39 is 10.8 Å². The summed E-state index contributed by atoms with van der Waals surface area (Å²) in [6, 6.07) is 16.2. The van der Waals surface area contributed by atoms with E-state index in [1.54, 1.807) is 30.5 Å². The van der Waals surface area contributed by atoms with Crippen molar-refractivity contribution in [3.8, 4) is 11.8 Å². The molecule has 0 aliphatic heterocycles. The van der Waals surface area contributed by atoms with Gasteiger partial charge in [0.15, 0.2) is 0 Å². The van der Waals surface area contributed by atoms with E-state index in [4.69, 9.17) is 11.6 Å². The Morgan fingerprint density at radius 2 is 1.93 bits per heavy atom. The fraction of sp³-hybridized carbons (Fsp3) is 0. The maximum atomic E-state index is 12.4. The molecule has 0 atom stereocenters. The van der Waals surface area contributed by atoms with E-state index in [-0.39, 0.29) is 16.3 Å². The molecule has 132 valence electrons. The number of hydrogen-bond acceptors (Lipinski definition) is 4. The lowest BCUT2D eigenvalue weighted by Crippen LogP contribution is -2.12. The summed E-state index contributed by atoms with van der Waals surface area (Å²) in [5.74, 6) is 5.45. The molecule has 0 bridgehead atoms. The van der Waals surface area contributed by atoms with Crippen molar-refractivity contribution in [3.63, 3.8) is 0 Å². The Morgan fingerprint density at radius 1 is 1.07 bits per heavy atom. The lowest BCUT2D eigenvalue weighted by atomic mass is 10.1. The van der Waals surface area contributed by atoms with Gasteiger partial charge in [0.2, 0.25) is 0 Å². The number of nitro groups is 1. The predicted molar refractivity (Wildman–Crippen MR) is 103 cm³/mol. The van der Waals surface area contributed by atoms with Gasteiger partial charge in [0, 0.05) is 29.6 Å². The van der Waals surface area contributed by atoms with Crippen molar-refractivity contribution < 1.29 is 9.72 Å². The summed E-state index contributed by atoms with van der Waals surface area (Å²) < 4.78 is 0. The van der Waals surface area contributed by atoms with E-state index in [2.05, 4.69) is 22.1 Å². The minimum absolute atomic E-state index is 0.00722. The second-order valence-corrected chi connectivity index (χ2v) is 5.83. The number of carbonyl (C=O) groups is 1. The average molecular weight is 378 g/mol. The standard InChI is InChI=1S/C20H12ClN3O3/c21-19-13-17(24(26)27)9-10-18(19)20(25)23-16-6-3-4-14(12-16)7-8-15-5-1-2-11-22-15/h1-6,9-13H,(H,23,25). The van der Waals surface area contributed by atoms with Gasteiger partial charge < -0.3 is 5.32 Å². The quantitative estimate of drug-likeness (QED) is 0.419. The van der Waals surface area contributed by atoms with Gasteiger partial charge in [-0.15, -0.1) is 0 Å². The SMILES string of the molecule is O=C(Nc1cccc(C#Cc2ccccn2)c1)c1ccc([N+](=O)[O-])cc1Cl. The minimum Gasteiger partial charge on any atom is -0.322 e. The van der Waals surface area contributed by atoms with Crippen LogP contribution >= 0.6 is 11.6 Å². The predicted octanol–water partition coefficient (Wildman–Crippen LogP) is 4.30. The molecule has 0 aliphatic carbocycles. The van der Waals surface area contributed by atoms with E-state index in [1.807, 2.05) is 18.2 Å². The van der Waals surface area contributed by atoms with Crippen LogP contribution in [0.5, 0.6) is 0 Å². The monoisotopic (exact) mass is 377 g/mol. The molecule has 0 unspecified atom stereocenters. The van der Waals surface area contributed by atoms with Crippen molar-refractivity contribution in [1.82, 2.24) is 4.98 Å². The molecule has 0 radical (unpaired) electrons. The van der Waals surface area contributed by atoms with Gasteiger partial charge in [0.1, 0.15) is 5.69 Å². The zero-order valence-corrected chi connectivity index (χ0v) is 14.6. The maximum absolute atomic E-state index is 12.4. The number of rotatable bonds is 3. The van der Waals surface area contributed by atoms with Crippen LogP contribution in [0, 0.1) is 22.0 Å². The first-order chi connectivity index (χ1) is 13.0. The van der Waals surface area contributed by atoms with Gasteiger partial charge >= 0.3 is 0 Å². The molecule has 0 aliphatic rings. The first-order valence-electron chi connectivity index (χ1n) is 7.81. The van der Waals surface area contributed by atoms with Crippen LogP contribution < -0.4 is 5.32 Å². The van der Waals surface area contributed by atoms with Crippen LogP contribution in [-0.4, -0.2) is 15.8 Å². The summed E-state index contributed by atoms with van der Waals surface area (Å²) in [4.78, 5) is 26.7. The first kappa shape index (κ1) is 18.1. The van der Waals surface area contributed by atoms with Gasteiger partial charge in [0.25, 0.3) is 11.6 Å². The van der Waals surface area contributed by atoms with Crippen molar-refractivity contribution in [2.45, 2.75) is 0 Å². The fourth-order valence-corrected chi connectivity index (χ4v) is 2.51. The number of benzene rings is 2. The van der Waals surface area contributed by atoms with Gasteiger partial charge in [0.05, 0.1) is 15.5 Å². The number of hydrogen-bond donors (Lipinski definition) is 1. The molecular formula is C20H12ClN3O3. The number of carbonyl (C=O) groups excluding carboxylic acids is 1. The van der Waals surface area contributed by atoms with Gasteiger partial charge in [-0.1, -0.05) is 29.7 Å². The van der Waals surface area contributed by atoms with Crippen LogP contribution in [0.25, 0.3) is 0 Å². The Balaban J connectivity index is 1.77. The molecule has 2 aromatic carbocycles. The highest BCUT2D eigenvalue weighted by Crippen LogP contribution is 2.23. The number of aromatic nitrogens is 1. The first-order valence-corrected chi connectivity index (χ1v) is 8.19. The Morgan fingerprint density at radius 3 is 2.63 bits per heavy atom. The van der Waals surface area contributed by atoms with Crippen LogP contribution in [-0.2, 0) is 0 Å². The van der Waals surface area contributed by atoms with Crippen molar-refractivity contribution in [2.24, 2.45) is 0 Å². The smallest absolute Gasteiger partial charge is 0.270 e. The summed E-state index contributed by atoms with van der Waals surface area (Å²) in [5.41, 5.74) is 1.84. The van der Waals surface area contributed by atoms with E-state index in [0.29, 0.717) is 16.9 Å². The zero-order valence-electron chi connectivity index (χ0n) is 13.8. The number of amides is 1. The third-order valence-corrected chi connectivity index (χ3v) is 3.84. The molecule has 0 fully saturated rings. The Hall–Kier alpha value is -3.69. The number of halogens is 1. The molecule has 1 N–H and O–H groups in total. The third-order valence-electron chi connectivity index (χ3n) is 3.53. The fourth-order valence-electron chi connectivity index (χ4n) is 2.25. The second-order valence-electron chi connectivity index (χ2n) is 5.42. The van der Waals surface area contributed by atoms with Gasteiger partial charge in [-0.2, -0.15) is 0 Å². The summed E-state index contributed by atoms with van der Waals surface area (Å²) in [7, 11) is 0. The van der Waals surface area contributed by atoms with Crippen molar-refractivity contribution in [3.05, 3.63) is 98.8 Å². The summed E-state index contributed by atoms with van der Waals surface area (Å²) in [5, 5.41) is 13.5. The van der Waals surface area contributed by atoms with Crippen molar-refractivity contribution >= 4 is 28.9 Å². The van der Waals surface area contributed by atoms with Crippen molar-refractivity contribution in [1.29, 1.82) is 0 Å². The molecule has 27 heavy (non-hydrogen) atoms. The van der Waals surface area contributed by atoms with Crippen LogP contribution in [0.4, 0.5) is 11.4 Å². The van der Waals surface area contributed by atoms with E-state index >= 15 is 0 Å². The number of non-ortho nitro benzene ring substituents is 1. The number of nitrogens with zero attached hydrogens (tertiary/aromatic N) is 2. The summed E-state index contributed by atoms with van der Waals surface area (Å²) >= 11 is 5.99. The molecule has 1 amide bonds. The Bertz CT molecular complexity index is 1070. The molecule has 3 aromatic rings. The molecule has 1 aromatic heterocycles. The highest BCUT2D eigenvalue weighted by Gasteiger charge is 2.15. The number of pyridine rings is 1. The Kier molecular flexibility index (Phi) is 5.45. The van der Waals surface area contributed by atoms with Gasteiger partial charge in [-0.05, 0) is 42.3 Å². The molecule has 7 heteroatoms. The molecule has 0 spiro atoms. The van der Waals surface area contributed by atoms with Crippen LogP contribution in [0.15, 0.2) is 66.9 Å². The third kappa shape index (κ3) is 4.69. The average Bonchev–Trinajstić information content (AvgIpc) is 2.67. The van der Waals surface area contributed by atoms with E-state index in [0.717, 1.165) is 6.07 Å². The number of nitro benzene ring substituents is 1. The van der Waals surface area contributed by atoms with Crippen LogP contribution in [0.2, 0.25) is 5.02 Å². The maximum Gasteiger partial charge on any atom is 0.270 e. The summed E-state index contributed by atoms with van der Waals surface area (Å²) in [6.45, 7) is 0. The largest absolute Gasteiger partial charge is 0.322 e. The second kappa shape index (κ2) is 8.13. The normalized spacial score (nSPS) is 9.81. The molecule has 0 saturated carbocycles. The Labute approximate surface area is 160 Å². The minimum atomic E-state index is -0.572. The lowest BCUT2D eigenvalue weighted by molar-refractivity contribution is -0.384. The highest BCUT2D eigenvalue weighted by atomic mass is 35.5. The van der Waals surface area contributed by atoms with Gasteiger partial charge in [-0.3, -0.25) is 14.9 Å². The molecule has 0 saturated heterocycles. The van der Waals surface area contributed by atoms with Crippen LogP contribution in [0.3, 0.4) is 0 Å². The molecule has 1 heterocycles. The number of anilines is 1. The van der Waals surface area contributed by atoms with E-state index in [1.165, 1.54) is 12.1 Å². The van der Waals surface area contributed by atoms with Gasteiger partial charge in [-0.25, -0.2) is 4.98 Å². The molecule has 3 rings (SSSR count). The summed E-state index contributed by atoms with van der Waals surface area (Å²) in [6.07, 6.45) is 1.66. The molecular weight excluding hydrogens is 366 g/mol. The van der Waals surface area contributed by atoms with E-state index in [9.17, 15) is 14.9 Å². The van der Waals surface area contributed by atoms with Crippen LogP contribution in [0.1, 0.15) is 21.6 Å². The molecule has 6 nitrogen and oxygen atoms in total. The topological polar surface area (TPSA) is 85.1 Å². The highest BCUT2D eigenvalue weighted by molar-refractivity contribution is 6.34. The van der Waals surface area contributed by atoms with Crippen molar-refractivity contribution in [2.75, 3.05) is 5.32 Å². The lowest BCUT2D eigenvalue weighted by Gasteiger charge is -2.07.